The lowest BCUT2D eigenvalue weighted by Crippen LogP contribution is -2.47. The Morgan fingerprint density at radius 3 is 2.50 bits per heavy atom. The van der Waals surface area contributed by atoms with E-state index in [0.717, 1.165) is 18.3 Å². The van der Waals surface area contributed by atoms with Gasteiger partial charge >= 0.3 is 0 Å². The largest absolute Gasteiger partial charge is 0.389 e. The monoisotopic (exact) mass is 217 g/mol. The van der Waals surface area contributed by atoms with E-state index in [9.17, 15) is 5.11 Å². The molecule has 2 fully saturated rings. The predicted molar refractivity (Wildman–Crippen MR) is 58.7 cm³/mol. The molecule has 82 valence electrons. The van der Waals surface area contributed by atoms with Crippen molar-refractivity contribution in [2.45, 2.75) is 30.2 Å². The molecule has 2 aliphatic heterocycles. The van der Waals surface area contributed by atoms with Crippen LogP contribution in [0.25, 0.3) is 0 Å². The maximum absolute atomic E-state index is 9.69. The fourth-order valence-electron chi connectivity index (χ4n) is 2.32. The van der Waals surface area contributed by atoms with E-state index in [1.54, 1.807) is 0 Å². The highest BCUT2D eigenvalue weighted by molar-refractivity contribution is 7.99. The van der Waals surface area contributed by atoms with Crippen LogP contribution in [0.15, 0.2) is 0 Å². The van der Waals surface area contributed by atoms with Gasteiger partial charge in [-0.25, -0.2) is 0 Å². The lowest BCUT2D eigenvalue weighted by Gasteiger charge is -2.35. The van der Waals surface area contributed by atoms with Gasteiger partial charge in [0, 0.05) is 5.25 Å². The Bertz CT molecular complexity index is 183. The maximum atomic E-state index is 9.69. The second-order valence-corrected chi connectivity index (χ2v) is 5.28. The normalized spacial score (nSPS) is 36.4. The molecule has 0 aromatic carbocycles. The van der Waals surface area contributed by atoms with Crippen molar-refractivity contribution in [3.05, 3.63) is 0 Å². The first-order valence-electron chi connectivity index (χ1n) is 5.34. The van der Waals surface area contributed by atoms with Crippen LogP contribution in [0.4, 0.5) is 0 Å². The Balaban J connectivity index is 1.82. The molecule has 0 bridgehead atoms. The summed E-state index contributed by atoms with van der Waals surface area (Å²) < 4.78 is 5.28. The number of hydrogen-bond acceptors (Lipinski definition) is 4. The smallest absolute Gasteiger partial charge is 0.0950 e. The van der Waals surface area contributed by atoms with Gasteiger partial charge in [-0.15, -0.1) is 0 Å². The van der Waals surface area contributed by atoms with Gasteiger partial charge < -0.3 is 9.84 Å². The number of aliphatic hydroxyl groups excluding tert-OH is 1. The van der Waals surface area contributed by atoms with Crippen molar-refractivity contribution in [3.8, 4) is 0 Å². The Hall–Kier alpha value is 0.230. The highest BCUT2D eigenvalue weighted by Gasteiger charge is 2.33. The van der Waals surface area contributed by atoms with Gasteiger partial charge in [-0.2, -0.15) is 11.8 Å². The van der Waals surface area contributed by atoms with Gasteiger partial charge in [0.1, 0.15) is 0 Å². The van der Waals surface area contributed by atoms with E-state index in [4.69, 9.17) is 4.74 Å². The van der Waals surface area contributed by atoms with Gasteiger partial charge in [-0.1, -0.05) is 0 Å². The summed E-state index contributed by atoms with van der Waals surface area (Å²) in [6, 6.07) is 0.262. The first kappa shape index (κ1) is 10.7. The van der Waals surface area contributed by atoms with Gasteiger partial charge in [-0.05, 0) is 32.2 Å². The molecule has 2 aliphatic rings. The minimum Gasteiger partial charge on any atom is -0.389 e. The summed E-state index contributed by atoms with van der Waals surface area (Å²) in [6.45, 7) is 3.48. The number of aliphatic hydroxyl groups is 1. The molecule has 0 amide bonds. The average molecular weight is 217 g/mol. The molecule has 14 heavy (non-hydrogen) atoms. The van der Waals surface area contributed by atoms with Crippen molar-refractivity contribution >= 4 is 11.8 Å². The molecular weight excluding hydrogens is 198 g/mol. The minimum absolute atomic E-state index is 0.262. The van der Waals surface area contributed by atoms with Crippen molar-refractivity contribution in [1.29, 1.82) is 0 Å². The molecule has 3 nitrogen and oxygen atoms in total. The maximum Gasteiger partial charge on any atom is 0.0950 e. The summed E-state index contributed by atoms with van der Waals surface area (Å²) >= 11 is 1.97. The van der Waals surface area contributed by atoms with Crippen LogP contribution in [-0.4, -0.2) is 60.0 Å². The molecule has 0 aliphatic carbocycles. The summed E-state index contributed by atoms with van der Waals surface area (Å²) in [5.74, 6) is 0. The van der Waals surface area contributed by atoms with Crippen molar-refractivity contribution < 1.29 is 9.84 Å². The fraction of sp³-hybridized carbons (Fsp3) is 1.00. The molecule has 2 heterocycles. The molecule has 0 saturated carbocycles. The number of likely N-dealkylation sites (tertiary alicyclic amines) is 1. The lowest BCUT2D eigenvalue weighted by molar-refractivity contribution is 0.0715. The molecule has 1 N–H and O–H groups in total. The van der Waals surface area contributed by atoms with E-state index in [-0.39, 0.29) is 12.1 Å². The molecular formula is C10H19NO2S. The van der Waals surface area contributed by atoms with Gasteiger partial charge in [0.2, 0.25) is 0 Å². The fourth-order valence-corrected chi connectivity index (χ4v) is 3.01. The molecule has 4 heteroatoms. The standard InChI is InChI=1S/C10H19NO2S/c1-14-8-2-4-11(5-3-8)9-6-13-7-10(9)12/h8-10,12H,2-7H2,1H3. The second kappa shape index (κ2) is 4.84. The highest BCUT2D eigenvalue weighted by Crippen LogP contribution is 2.24. The van der Waals surface area contributed by atoms with Crippen LogP contribution in [0.2, 0.25) is 0 Å². The summed E-state index contributed by atoms with van der Waals surface area (Å²) in [6.07, 6.45) is 4.43. The first-order chi connectivity index (χ1) is 6.81. The zero-order valence-electron chi connectivity index (χ0n) is 8.69. The third-order valence-electron chi connectivity index (χ3n) is 3.30. The van der Waals surface area contributed by atoms with E-state index >= 15 is 0 Å². The zero-order valence-corrected chi connectivity index (χ0v) is 9.50. The number of nitrogens with zero attached hydrogens (tertiary/aromatic N) is 1. The van der Waals surface area contributed by atoms with Gasteiger partial charge in [0.25, 0.3) is 0 Å². The van der Waals surface area contributed by atoms with Crippen LogP contribution in [0, 0.1) is 0 Å². The van der Waals surface area contributed by atoms with Gasteiger partial charge in [0.15, 0.2) is 0 Å². The quantitative estimate of drug-likeness (QED) is 0.733. The van der Waals surface area contributed by atoms with Crippen LogP contribution >= 0.6 is 11.8 Å². The van der Waals surface area contributed by atoms with E-state index in [1.165, 1.54) is 12.8 Å². The third kappa shape index (κ3) is 2.24. The van der Waals surface area contributed by atoms with Gasteiger partial charge in [-0.3, -0.25) is 4.90 Å². The Morgan fingerprint density at radius 2 is 2.00 bits per heavy atom. The van der Waals surface area contributed by atoms with E-state index in [0.29, 0.717) is 13.2 Å². The number of ether oxygens (including phenoxy) is 1. The molecule has 2 atom stereocenters. The van der Waals surface area contributed by atoms with Crippen LogP contribution in [-0.2, 0) is 4.74 Å². The SMILES string of the molecule is CSC1CCN(C2COCC2O)CC1. The summed E-state index contributed by atoms with van der Waals surface area (Å²) in [5.41, 5.74) is 0. The lowest BCUT2D eigenvalue weighted by atomic mass is 10.1. The van der Waals surface area contributed by atoms with Crippen molar-refractivity contribution in [3.63, 3.8) is 0 Å². The topological polar surface area (TPSA) is 32.7 Å². The van der Waals surface area contributed by atoms with Crippen LogP contribution in [0.3, 0.4) is 0 Å². The molecule has 2 unspecified atom stereocenters. The molecule has 0 aromatic rings. The molecule has 2 saturated heterocycles. The third-order valence-corrected chi connectivity index (χ3v) is 4.44. The van der Waals surface area contributed by atoms with Crippen molar-refractivity contribution in [1.82, 2.24) is 4.90 Å². The predicted octanol–water partition coefficient (Wildman–Crippen LogP) is 0.573. The van der Waals surface area contributed by atoms with E-state index in [2.05, 4.69) is 11.2 Å². The minimum atomic E-state index is -0.263. The molecule has 0 spiro atoms. The van der Waals surface area contributed by atoms with Crippen molar-refractivity contribution in [2.24, 2.45) is 0 Å². The zero-order chi connectivity index (χ0) is 9.97. The van der Waals surface area contributed by atoms with Crippen molar-refractivity contribution in [2.75, 3.05) is 32.6 Å². The molecule has 0 aromatic heterocycles. The van der Waals surface area contributed by atoms with Crippen LogP contribution in [0.1, 0.15) is 12.8 Å². The molecule has 0 radical (unpaired) electrons. The Kier molecular flexibility index (Phi) is 3.71. The summed E-state index contributed by atoms with van der Waals surface area (Å²) in [5, 5.41) is 10.5. The Morgan fingerprint density at radius 1 is 1.29 bits per heavy atom. The second-order valence-electron chi connectivity index (χ2n) is 4.14. The number of rotatable bonds is 2. The highest BCUT2D eigenvalue weighted by atomic mass is 32.2. The first-order valence-corrected chi connectivity index (χ1v) is 6.62. The summed E-state index contributed by atoms with van der Waals surface area (Å²) in [7, 11) is 0. The van der Waals surface area contributed by atoms with E-state index in [1.807, 2.05) is 11.8 Å². The van der Waals surface area contributed by atoms with Gasteiger partial charge in [0.05, 0.1) is 25.4 Å². The molecule has 2 rings (SSSR count). The van der Waals surface area contributed by atoms with E-state index < -0.39 is 0 Å². The summed E-state index contributed by atoms with van der Waals surface area (Å²) in [4.78, 5) is 2.39. The Labute approximate surface area is 89.8 Å². The number of hydrogen-bond donors (Lipinski definition) is 1. The number of thioether (sulfide) groups is 1. The van der Waals surface area contributed by atoms with Crippen LogP contribution in [0.5, 0.6) is 0 Å². The van der Waals surface area contributed by atoms with Crippen LogP contribution < -0.4 is 0 Å². The number of piperidine rings is 1. The average Bonchev–Trinajstić information content (AvgIpc) is 2.65.